The van der Waals surface area contributed by atoms with E-state index in [1.807, 2.05) is 6.92 Å². The molecular weight excluding hydrogens is 302 g/mol. The summed E-state index contributed by atoms with van der Waals surface area (Å²) in [5, 5.41) is 6.48. The number of amides is 1. The van der Waals surface area contributed by atoms with Gasteiger partial charge in [0.15, 0.2) is 11.6 Å². The van der Waals surface area contributed by atoms with Crippen LogP contribution in [-0.4, -0.2) is 20.7 Å². The summed E-state index contributed by atoms with van der Waals surface area (Å²) in [6.45, 7) is 1.85. The lowest BCUT2D eigenvalue weighted by Gasteiger charge is -2.08. The number of nitrogens with zero attached hydrogens (tertiary/aromatic N) is 3. The van der Waals surface area contributed by atoms with E-state index < -0.39 is 17.5 Å². The van der Waals surface area contributed by atoms with Gasteiger partial charge in [-0.2, -0.15) is 5.10 Å². The molecule has 0 radical (unpaired) electrons. The molecule has 0 fully saturated rings. The average molecular weight is 314 g/mol. The lowest BCUT2D eigenvalue weighted by molar-refractivity contribution is 0.102. The summed E-state index contributed by atoms with van der Waals surface area (Å²) in [5.74, 6) is -1.97. The number of aromatic nitrogens is 3. The smallest absolute Gasteiger partial charge is 0.258 e. The Hall–Kier alpha value is -3.09. The molecule has 1 aromatic carbocycles. The average Bonchev–Trinajstić information content (AvgIpc) is 2.94. The molecule has 7 heteroatoms. The van der Waals surface area contributed by atoms with Crippen molar-refractivity contribution in [1.82, 2.24) is 14.8 Å². The van der Waals surface area contributed by atoms with Crippen molar-refractivity contribution < 1.29 is 13.6 Å². The standard InChI is InChI=1S/C16H12F2N4O/c1-10-7-20-22(9-10)15-3-2-11(6-13(15)17)21-16(23)12-4-5-19-8-14(12)18/h2-9H,1H3,(H,21,23). The van der Waals surface area contributed by atoms with Crippen LogP contribution in [-0.2, 0) is 0 Å². The summed E-state index contributed by atoms with van der Waals surface area (Å²) in [7, 11) is 0. The first-order valence-corrected chi connectivity index (χ1v) is 6.76. The maximum atomic E-state index is 14.2. The molecule has 0 aliphatic heterocycles. The van der Waals surface area contributed by atoms with Gasteiger partial charge in [-0.3, -0.25) is 9.78 Å². The second-order valence-electron chi connectivity index (χ2n) is 4.94. The van der Waals surface area contributed by atoms with E-state index in [4.69, 9.17) is 0 Å². The number of carbonyl (C=O) groups excluding carboxylic acids is 1. The fraction of sp³-hybridized carbons (Fsp3) is 0.0625. The van der Waals surface area contributed by atoms with Gasteiger partial charge >= 0.3 is 0 Å². The molecule has 0 saturated heterocycles. The second-order valence-corrected chi connectivity index (χ2v) is 4.94. The van der Waals surface area contributed by atoms with Crippen LogP contribution in [0.4, 0.5) is 14.5 Å². The van der Waals surface area contributed by atoms with Crippen LogP contribution in [0.2, 0.25) is 0 Å². The molecule has 0 aliphatic rings. The molecule has 1 N–H and O–H groups in total. The van der Waals surface area contributed by atoms with E-state index in [9.17, 15) is 13.6 Å². The fourth-order valence-corrected chi connectivity index (χ4v) is 2.07. The van der Waals surface area contributed by atoms with Crippen LogP contribution in [0.25, 0.3) is 5.69 Å². The SMILES string of the molecule is Cc1cnn(-c2ccc(NC(=O)c3ccncc3F)cc2F)c1. The number of aryl methyl sites for hydroxylation is 1. The number of hydrogen-bond donors (Lipinski definition) is 1. The highest BCUT2D eigenvalue weighted by Crippen LogP contribution is 2.19. The van der Waals surface area contributed by atoms with Crippen LogP contribution in [0.3, 0.4) is 0 Å². The number of anilines is 1. The summed E-state index contributed by atoms with van der Waals surface area (Å²) in [5.41, 5.74) is 1.21. The van der Waals surface area contributed by atoms with Crippen molar-refractivity contribution in [1.29, 1.82) is 0 Å². The lowest BCUT2D eigenvalue weighted by Crippen LogP contribution is -2.14. The first-order valence-electron chi connectivity index (χ1n) is 6.76. The van der Waals surface area contributed by atoms with E-state index in [2.05, 4.69) is 15.4 Å². The van der Waals surface area contributed by atoms with Crippen molar-refractivity contribution in [2.75, 3.05) is 5.32 Å². The lowest BCUT2D eigenvalue weighted by atomic mass is 10.2. The van der Waals surface area contributed by atoms with Crippen LogP contribution >= 0.6 is 0 Å². The Labute approximate surface area is 130 Å². The molecule has 2 aromatic heterocycles. The van der Waals surface area contributed by atoms with Gasteiger partial charge in [0.1, 0.15) is 5.69 Å². The molecule has 5 nitrogen and oxygen atoms in total. The molecule has 0 spiro atoms. The Balaban J connectivity index is 1.84. The Bertz CT molecular complexity index is 876. The van der Waals surface area contributed by atoms with Crippen molar-refractivity contribution >= 4 is 11.6 Å². The third kappa shape index (κ3) is 3.08. The predicted molar refractivity (Wildman–Crippen MR) is 80.4 cm³/mol. The van der Waals surface area contributed by atoms with Crippen molar-refractivity contribution in [3.05, 3.63) is 71.8 Å². The van der Waals surface area contributed by atoms with E-state index in [1.165, 1.54) is 29.1 Å². The minimum Gasteiger partial charge on any atom is -0.322 e. The third-order valence-corrected chi connectivity index (χ3v) is 3.18. The topological polar surface area (TPSA) is 59.8 Å². The van der Waals surface area contributed by atoms with Gasteiger partial charge in [0, 0.05) is 18.1 Å². The van der Waals surface area contributed by atoms with Crippen LogP contribution < -0.4 is 5.32 Å². The van der Waals surface area contributed by atoms with E-state index in [0.29, 0.717) is 0 Å². The zero-order chi connectivity index (χ0) is 16.4. The van der Waals surface area contributed by atoms with Crippen molar-refractivity contribution in [2.45, 2.75) is 6.92 Å². The number of rotatable bonds is 3. The summed E-state index contributed by atoms with van der Waals surface area (Å²) in [6.07, 6.45) is 5.55. The molecule has 0 unspecified atom stereocenters. The van der Waals surface area contributed by atoms with Crippen LogP contribution in [0.15, 0.2) is 49.1 Å². The summed E-state index contributed by atoms with van der Waals surface area (Å²) >= 11 is 0. The van der Waals surface area contributed by atoms with Gasteiger partial charge < -0.3 is 5.32 Å². The summed E-state index contributed by atoms with van der Waals surface area (Å²) in [6, 6.07) is 5.41. The van der Waals surface area contributed by atoms with Crippen LogP contribution in [0.5, 0.6) is 0 Å². The fourth-order valence-electron chi connectivity index (χ4n) is 2.07. The molecule has 1 amide bonds. The van der Waals surface area contributed by atoms with Crippen molar-refractivity contribution in [2.24, 2.45) is 0 Å². The number of benzene rings is 1. The maximum Gasteiger partial charge on any atom is 0.258 e. The van der Waals surface area contributed by atoms with E-state index in [0.717, 1.165) is 17.8 Å². The highest BCUT2D eigenvalue weighted by atomic mass is 19.1. The number of hydrogen-bond acceptors (Lipinski definition) is 3. The number of halogens is 2. The molecular formula is C16H12F2N4O. The largest absolute Gasteiger partial charge is 0.322 e. The van der Waals surface area contributed by atoms with Gasteiger partial charge in [-0.15, -0.1) is 0 Å². The summed E-state index contributed by atoms with van der Waals surface area (Å²) < 4.78 is 29.1. The van der Waals surface area contributed by atoms with E-state index in [1.54, 1.807) is 12.4 Å². The molecule has 2 heterocycles. The first kappa shape index (κ1) is 14.8. The molecule has 116 valence electrons. The number of pyridine rings is 1. The van der Waals surface area contributed by atoms with Gasteiger partial charge in [-0.1, -0.05) is 0 Å². The van der Waals surface area contributed by atoms with Gasteiger partial charge in [0.2, 0.25) is 0 Å². The van der Waals surface area contributed by atoms with Crippen molar-refractivity contribution in [3.63, 3.8) is 0 Å². The van der Waals surface area contributed by atoms with Crippen LogP contribution in [0.1, 0.15) is 15.9 Å². The quantitative estimate of drug-likeness (QED) is 0.808. The second kappa shape index (κ2) is 5.96. The van der Waals surface area contributed by atoms with Gasteiger partial charge in [-0.05, 0) is 36.8 Å². The third-order valence-electron chi connectivity index (χ3n) is 3.18. The molecule has 0 saturated carbocycles. The maximum absolute atomic E-state index is 14.2. The zero-order valence-corrected chi connectivity index (χ0v) is 12.1. The highest BCUT2D eigenvalue weighted by molar-refractivity contribution is 6.04. The van der Waals surface area contributed by atoms with Gasteiger partial charge in [0.05, 0.1) is 18.0 Å². The van der Waals surface area contributed by atoms with Gasteiger partial charge in [-0.25, -0.2) is 13.5 Å². The molecule has 3 aromatic rings. The van der Waals surface area contributed by atoms with Crippen LogP contribution in [0, 0.1) is 18.6 Å². The monoisotopic (exact) mass is 314 g/mol. The molecule has 0 aliphatic carbocycles. The Morgan fingerprint density at radius 2 is 2.00 bits per heavy atom. The molecule has 0 bridgehead atoms. The van der Waals surface area contributed by atoms with E-state index >= 15 is 0 Å². The minimum absolute atomic E-state index is 0.160. The van der Waals surface area contributed by atoms with Crippen molar-refractivity contribution in [3.8, 4) is 5.69 Å². The van der Waals surface area contributed by atoms with Gasteiger partial charge in [0.25, 0.3) is 5.91 Å². The zero-order valence-electron chi connectivity index (χ0n) is 12.1. The highest BCUT2D eigenvalue weighted by Gasteiger charge is 2.13. The molecule has 3 rings (SSSR count). The Morgan fingerprint density at radius 1 is 1.17 bits per heavy atom. The molecule has 0 atom stereocenters. The molecule has 23 heavy (non-hydrogen) atoms. The first-order chi connectivity index (χ1) is 11.0. The minimum atomic E-state index is -0.742. The number of nitrogens with one attached hydrogen (secondary N) is 1. The normalized spacial score (nSPS) is 10.6. The Morgan fingerprint density at radius 3 is 2.65 bits per heavy atom. The predicted octanol–water partition coefficient (Wildman–Crippen LogP) is 3.11. The Kier molecular flexibility index (Phi) is 3.84. The van der Waals surface area contributed by atoms with E-state index in [-0.39, 0.29) is 16.9 Å². The summed E-state index contributed by atoms with van der Waals surface area (Å²) in [4.78, 5) is 15.6. The number of carbonyl (C=O) groups is 1.